The SMILES string of the molecule is COc1cc2nc(CCn3c(=O)n4n(c3=O)C3CC5C(=O)C(c6ccccc6)=CC(=O)C5(c5ccccc5)C(c5ccc(O)cc5Cl)C3=CC4)c(=O)n(C)c2cc1OC. The van der Waals surface area contributed by atoms with Gasteiger partial charge in [0, 0.05) is 54.6 Å². The molecule has 9 rings (SSSR count). The summed E-state index contributed by atoms with van der Waals surface area (Å²) in [6, 6.07) is 25.1. The van der Waals surface area contributed by atoms with Crippen LogP contribution in [0.15, 0.2) is 123 Å². The zero-order valence-corrected chi connectivity index (χ0v) is 33.1. The summed E-state index contributed by atoms with van der Waals surface area (Å²) in [6.45, 7) is -0.170. The van der Waals surface area contributed by atoms with E-state index < -0.39 is 40.2 Å². The maximum Gasteiger partial charge on any atom is 0.347 e. The van der Waals surface area contributed by atoms with Crippen LogP contribution in [0.1, 0.15) is 40.8 Å². The number of ketones is 2. The van der Waals surface area contributed by atoms with Crippen LogP contribution in [0.5, 0.6) is 17.2 Å². The molecule has 298 valence electrons. The lowest BCUT2D eigenvalue weighted by atomic mass is 9.47. The number of phenols is 1. The number of benzene rings is 4. The van der Waals surface area contributed by atoms with Gasteiger partial charge in [-0.05, 0) is 46.9 Å². The largest absolute Gasteiger partial charge is 0.508 e. The molecule has 59 heavy (non-hydrogen) atoms. The summed E-state index contributed by atoms with van der Waals surface area (Å²) >= 11 is 6.96. The van der Waals surface area contributed by atoms with Crippen molar-refractivity contribution in [2.45, 2.75) is 43.3 Å². The number of phenolic OH excluding ortho intramolecular Hbond substituents is 1. The van der Waals surface area contributed by atoms with Gasteiger partial charge in [0.25, 0.3) is 5.56 Å². The zero-order valence-electron chi connectivity index (χ0n) is 32.3. The van der Waals surface area contributed by atoms with E-state index in [1.54, 1.807) is 49.5 Å². The monoisotopic (exact) mass is 811 g/mol. The molecule has 1 N–H and O–H groups in total. The van der Waals surface area contributed by atoms with Gasteiger partial charge in [-0.3, -0.25) is 14.4 Å². The quantitative estimate of drug-likeness (QED) is 0.206. The van der Waals surface area contributed by atoms with Gasteiger partial charge in [0.2, 0.25) is 0 Å². The fraction of sp³-hybridized carbons (Fsp3) is 0.244. The molecule has 2 aromatic heterocycles. The van der Waals surface area contributed by atoms with Crippen LogP contribution in [0, 0.1) is 5.92 Å². The second-order valence-electron chi connectivity index (χ2n) is 15.0. The van der Waals surface area contributed by atoms with Gasteiger partial charge in [0.05, 0.1) is 43.3 Å². The van der Waals surface area contributed by atoms with Crippen LogP contribution < -0.4 is 26.4 Å². The molecule has 4 atom stereocenters. The highest BCUT2D eigenvalue weighted by Crippen LogP contribution is 2.62. The Morgan fingerprint density at radius 1 is 0.881 bits per heavy atom. The fourth-order valence-corrected chi connectivity index (χ4v) is 9.84. The van der Waals surface area contributed by atoms with Crippen LogP contribution in [-0.4, -0.2) is 54.4 Å². The number of hydrogen-bond donors (Lipinski definition) is 1. The molecule has 0 saturated heterocycles. The number of ether oxygens (including phenoxy) is 2. The summed E-state index contributed by atoms with van der Waals surface area (Å²) in [5, 5.41) is 10.6. The third kappa shape index (κ3) is 5.66. The van der Waals surface area contributed by atoms with Crippen molar-refractivity contribution in [2.75, 3.05) is 14.2 Å². The van der Waals surface area contributed by atoms with Crippen LogP contribution >= 0.6 is 11.6 Å². The molecule has 0 bridgehead atoms. The van der Waals surface area contributed by atoms with Gasteiger partial charge in [0.1, 0.15) is 11.4 Å². The van der Waals surface area contributed by atoms with E-state index in [0.29, 0.717) is 44.8 Å². The number of hydrogen-bond acceptors (Lipinski definition) is 9. The molecule has 0 spiro atoms. The number of aryl methyl sites for hydroxylation is 2. The molecule has 13 nitrogen and oxygen atoms in total. The first-order valence-electron chi connectivity index (χ1n) is 19.1. The van der Waals surface area contributed by atoms with Gasteiger partial charge >= 0.3 is 11.4 Å². The van der Waals surface area contributed by atoms with Crippen LogP contribution in [-0.2, 0) is 41.6 Å². The second kappa shape index (κ2) is 14.3. The Balaban J connectivity index is 1.19. The lowest BCUT2D eigenvalue weighted by molar-refractivity contribution is -0.133. The Morgan fingerprint density at radius 2 is 1.58 bits per heavy atom. The lowest BCUT2D eigenvalue weighted by Gasteiger charge is -2.54. The molecule has 4 aromatic carbocycles. The third-order valence-corrected chi connectivity index (χ3v) is 12.6. The summed E-state index contributed by atoms with van der Waals surface area (Å²) < 4.78 is 16.1. The number of fused-ring (bicyclic) bond motifs is 5. The average molecular weight is 812 g/mol. The normalized spacial score (nSPS) is 21.0. The number of aromatic nitrogens is 5. The topological polar surface area (TPSA) is 157 Å². The minimum absolute atomic E-state index is 0.0144. The molecule has 1 saturated carbocycles. The zero-order chi connectivity index (χ0) is 41.3. The molecule has 4 unspecified atom stereocenters. The van der Waals surface area contributed by atoms with Gasteiger partial charge in [-0.1, -0.05) is 84.4 Å². The highest BCUT2D eigenvalue weighted by molar-refractivity contribution is 6.33. The number of rotatable bonds is 8. The molecular weight excluding hydrogens is 774 g/mol. The number of carbonyl (C=O) groups excluding carboxylic acids is 2. The predicted octanol–water partition coefficient (Wildman–Crippen LogP) is 5.14. The van der Waals surface area contributed by atoms with Crippen molar-refractivity contribution >= 4 is 39.8 Å². The van der Waals surface area contributed by atoms with Crippen LogP contribution in [0.2, 0.25) is 5.02 Å². The summed E-state index contributed by atoms with van der Waals surface area (Å²) in [5.41, 5.74) is 0.583. The van der Waals surface area contributed by atoms with Gasteiger partial charge in [0.15, 0.2) is 23.1 Å². The number of allylic oxidation sites excluding steroid dienone is 4. The smallest absolute Gasteiger partial charge is 0.347 e. The van der Waals surface area contributed by atoms with Crippen LogP contribution in [0.25, 0.3) is 16.6 Å². The van der Waals surface area contributed by atoms with E-state index in [9.17, 15) is 19.5 Å². The molecular formula is C45H38ClN5O8. The molecule has 3 heterocycles. The number of aromatic hydroxyl groups is 1. The molecule has 6 aromatic rings. The first kappa shape index (κ1) is 37.8. The Labute approximate surface area is 341 Å². The number of methoxy groups -OCH3 is 2. The van der Waals surface area contributed by atoms with Crippen molar-refractivity contribution in [2.24, 2.45) is 13.0 Å². The third-order valence-electron chi connectivity index (χ3n) is 12.2. The fourth-order valence-electron chi connectivity index (χ4n) is 9.56. The minimum atomic E-state index is -1.50. The highest BCUT2D eigenvalue weighted by Gasteiger charge is 2.63. The number of carbonyl (C=O) groups is 2. The Hall–Kier alpha value is -6.73. The van der Waals surface area contributed by atoms with Gasteiger partial charge < -0.3 is 19.1 Å². The highest BCUT2D eigenvalue weighted by atomic mass is 35.5. The first-order chi connectivity index (χ1) is 28.5. The summed E-state index contributed by atoms with van der Waals surface area (Å²) in [6.07, 6.45) is 3.26. The van der Waals surface area contributed by atoms with E-state index in [0.717, 1.165) is 4.57 Å². The van der Waals surface area contributed by atoms with Crippen LogP contribution in [0.4, 0.5) is 0 Å². The van der Waals surface area contributed by atoms with Crippen molar-refractivity contribution in [1.82, 2.24) is 23.5 Å². The Kier molecular flexibility index (Phi) is 9.15. The molecule has 2 aliphatic carbocycles. The Bertz CT molecular complexity index is 2980. The van der Waals surface area contributed by atoms with Crippen molar-refractivity contribution < 1.29 is 24.2 Å². The van der Waals surface area contributed by atoms with Crippen molar-refractivity contribution in [3.8, 4) is 17.2 Å². The van der Waals surface area contributed by atoms with E-state index in [1.165, 1.54) is 46.4 Å². The molecule has 14 heteroatoms. The standard InChI is InChI=1S/C45H38ClN5O8/c1-48-36-24-38(59-3)37(58-2)23-34(36)47-33(42(48)55)17-18-49-43(56)50-19-16-29-35(51(50)44(49)57)22-31-41(54)30(25-10-6-4-7-11-25)21-39(53)45(31,26-12-8-5-9-13-26)40(29)28-15-14-27(52)20-32(28)46/h4-16,20-21,23-24,31,35,40,52H,17-19,22H2,1-3H3. The van der Waals surface area contributed by atoms with Gasteiger partial charge in [-0.25, -0.2) is 28.5 Å². The lowest BCUT2D eigenvalue weighted by Crippen LogP contribution is -2.58. The Morgan fingerprint density at radius 3 is 2.27 bits per heavy atom. The number of nitrogens with zero attached hydrogens (tertiary/aromatic N) is 5. The van der Waals surface area contributed by atoms with Crippen molar-refractivity contribution in [1.29, 1.82) is 0 Å². The van der Waals surface area contributed by atoms with E-state index >= 15 is 9.59 Å². The van der Waals surface area contributed by atoms with Crippen molar-refractivity contribution in [3.63, 3.8) is 0 Å². The van der Waals surface area contributed by atoms with E-state index in [1.807, 2.05) is 42.5 Å². The minimum Gasteiger partial charge on any atom is -0.508 e. The van der Waals surface area contributed by atoms with E-state index in [2.05, 4.69) is 4.98 Å². The first-order valence-corrected chi connectivity index (χ1v) is 19.5. The predicted molar refractivity (Wildman–Crippen MR) is 220 cm³/mol. The summed E-state index contributed by atoms with van der Waals surface area (Å²) in [5.74, 6) is -1.69. The van der Waals surface area contributed by atoms with Gasteiger partial charge in [-0.15, -0.1) is 0 Å². The molecule has 0 amide bonds. The number of halogens is 1. The maximum absolute atomic E-state index is 15.2. The van der Waals surface area contributed by atoms with Gasteiger partial charge in [-0.2, -0.15) is 0 Å². The summed E-state index contributed by atoms with van der Waals surface area (Å²) in [4.78, 5) is 77.3. The molecule has 0 radical (unpaired) electrons. The summed E-state index contributed by atoms with van der Waals surface area (Å²) in [7, 11) is 4.60. The maximum atomic E-state index is 15.2. The molecule has 1 fully saturated rings. The number of Topliss-reactive ketones (excluding diaryl/α,β-unsaturated/α-hetero) is 1. The van der Waals surface area contributed by atoms with Crippen molar-refractivity contribution in [3.05, 3.63) is 167 Å². The average Bonchev–Trinajstić information content (AvgIpc) is 3.50. The van der Waals surface area contributed by atoms with Crippen LogP contribution in [0.3, 0.4) is 0 Å². The van der Waals surface area contributed by atoms with E-state index in [-0.39, 0.29) is 59.5 Å². The van der Waals surface area contributed by atoms with E-state index in [4.69, 9.17) is 21.1 Å². The second-order valence-corrected chi connectivity index (χ2v) is 15.5. The molecule has 3 aliphatic rings. The molecule has 1 aliphatic heterocycles.